The first-order chi connectivity index (χ1) is 27.9. The highest BCUT2D eigenvalue weighted by Gasteiger charge is 2.46. The molecule has 6 atom stereocenters. The van der Waals surface area contributed by atoms with E-state index in [9.17, 15) is 19.5 Å². The van der Waals surface area contributed by atoms with Gasteiger partial charge in [0.1, 0.15) is 5.82 Å². The molecule has 0 radical (unpaired) electrons. The summed E-state index contributed by atoms with van der Waals surface area (Å²) < 4.78 is 1.86. The number of nitrogens with one attached hydrogen (secondary N) is 4. The molecule has 0 bridgehead atoms. The molecule has 2 saturated carbocycles. The van der Waals surface area contributed by atoms with E-state index in [1.165, 1.54) is 0 Å². The second-order valence-electron chi connectivity index (χ2n) is 17.6. The molecule has 3 aromatic heterocycles. The fourth-order valence-corrected chi connectivity index (χ4v) is 9.54. The van der Waals surface area contributed by atoms with Crippen molar-refractivity contribution in [3.63, 3.8) is 0 Å². The number of rotatable bonds is 20. The van der Waals surface area contributed by atoms with Crippen molar-refractivity contribution in [3.05, 3.63) is 65.1 Å². The molecule has 0 saturated heterocycles. The molecule has 0 spiro atoms. The Morgan fingerprint density at radius 1 is 0.966 bits per heavy atom. The van der Waals surface area contributed by atoms with Crippen molar-refractivity contribution in [1.29, 1.82) is 0 Å². The van der Waals surface area contributed by atoms with E-state index in [1.807, 2.05) is 47.3 Å². The molecule has 5 N–H and O–H groups in total. The van der Waals surface area contributed by atoms with Crippen LogP contribution in [0.2, 0.25) is 0 Å². The molecule has 4 aromatic rings. The molecule has 1 unspecified atom stereocenters. The number of ketones is 1. The average molecular weight is 813 g/mol. The van der Waals surface area contributed by atoms with Gasteiger partial charge in [0.25, 0.3) is 0 Å². The van der Waals surface area contributed by atoms with Crippen LogP contribution in [0.1, 0.15) is 122 Å². The molecule has 1 aromatic carbocycles. The summed E-state index contributed by atoms with van der Waals surface area (Å²) in [6.07, 6.45) is 11.9. The third-order valence-corrected chi connectivity index (χ3v) is 12.8. The van der Waals surface area contributed by atoms with Gasteiger partial charge >= 0.3 is 0 Å². The molecular weight excluding hydrogens is 749 g/mol. The summed E-state index contributed by atoms with van der Waals surface area (Å²) >= 11 is 1.61. The molecule has 12 nitrogen and oxygen atoms in total. The summed E-state index contributed by atoms with van der Waals surface area (Å²) in [7, 11) is 0. The number of anilines is 1. The number of benzene rings is 1. The first kappa shape index (κ1) is 43.4. The molecule has 3 heterocycles. The van der Waals surface area contributed by atoms with Gasteiger partial charge in [0, 0.05) is 48.8 Å². The molecule has 2 aliphatic carbocycles. The number of thiazole rings is 1. The van der Waals surface area contributed by atoms with Crippen LogP contribution in [0.25, 0.3) is 16.1 Å². The predicted octanol–water partition coefficient (Wildman–Crippen LogP) is 7.18. The summed E-state index contributed by atoms with van der Waals surface area (Å²) in [4.78, 5) is 50.5. The maximum atomic E-state index is 14.1. The Morgan fingerprint density at radius 2 is 1.71 bits per heavy atom. The number of carbonyl (C=O) groups is 3. The maximum Gasteiger partial charge on any atom is 0.224 e. The van der Waals surface area contributed by atoms with Gasteiger partial charge in [-0.3, -0.25) is 14.4 Å². The molecule has 2 fully saturated rings. The van der Waals surface area contributed by atoms with E-state index in [1.54, 1.807) is 17.5 Å². The van der Waals surface area contributed by atoms with Crippen molar-refractivity contribution in [2.45, 2.75) is 149 Å². The van der Waals surface area contributed by atoms with Crippen LogP contribution >= 0.6 is 11.3 Å². The summed E-state index contributed by atoms with van der Waals surface area (Å²) in [6.45, 7) is 11.4. The zero-order valence-corrected chi connectivity index (χ0v) is 35.9. The van der Waals surface area contributed by atoms with Crippen LogP contribution in [-0.2, 0) is 27.3 Å². The van der Waals surface area contributed by atoms with Crippen molar-refractivity contribution < 1.29 is 19.5 Å². The van der Waals surface area contributed by atoms with Crippen molar-refractivity contribution >= 4 is 40.4 Å². The Balaban J connectivity index is 0.872. The third-order valence-electron chi connectivity index (χ3n) is 11.8. The van der Waals surface area contributed by atoms with Crippen molar-refractivity contribution in [1.82, 2.24) is 35.5 Å². The Hall–Kier alpha value is -4.20. The number of fused-ring (bicyclic) bond motifs is 1. The molecule has 6 rings (SSSR count). The van der Waals surface area contributed by atoms with Gasteiger partial charge in [-0.05, 0) is 81.4 Å². The topological polar surface area (TPSA) is 163 Å². The lowest BCUT2D eigenvalue weighted by atomic mass is 9.77. The van der Waals surface area contributed by atoms with Crippen LogP contribution < -0.4 is 21.3 Å². The predicted molar refractivity (Wildman–Crippen MR) is 230 cm³/mol. The number of unbranched alkanes of at least 4 members (excludes halogenated alkanes) is 4. The lowest BCUT2D eigenvalue weighted by Crippen LogP contribution is -2.51. The highest BCUT2D eigenvalue weighted by molar-refractivity contribution is 7.13. The first-order valence-corrected chi connectivity index (χ1v) is 22.4. The van der Waals surface area contributed by atoms with Crippen LogP contribution in [0.3, 0.4) is 0 Å². The van der Waals surface area contributed by atoms with Gasteiger partial charge in [-0.25, -0.2) is 9.97 Å². The Bertz CT molecular complexity index is 1970. The fraction of sp³-hybridized carbons (Fsp3) is 0.600. The number of hydrogen-bond donors (Lipinski definition) is 5. The second kappa shape index (κ2) is 20.2. The van der Waals surface area contributed by atoms with Gasteiger partial charge in [-0.2, -0.15) is 9.61 Å². The van der Waals surface area contributed by atoms with E-state index in [0.29, 0.717) is 32.4 Å². The van der Waals surface area contributed by atoms with Gasteiger partial charge in [0.2, 0.25) is 11.8 Å². The second-order valence-corrected chi connectivity index (χ2v) is 18.5. The van der Waals surface area contributed by atoms with Gasteiger partial charge in [-0.15, -0.1) is 11.3 Å². The van der Waals surface area contributed by atoms with Gasteiger partial charge in [0.05, 0.1) is 40.3 Å². The number of carbonyl (C=O) groups excluding carboxylic acids is 3. The van der Waals surface area contributed by atoms with Crippen LogP contribution in [0, 0.1) is 24.2 Å². The number of aryl methyl sites for hydroxylation is 2. The van der Waals surface area contributed by atoms with Gasteiger partial charge in [-0.1, -0.05) is 77.6 Å². The number of amides is 2. The largest absolute Gasteiger partial charge is 0.393 e. The minimum Gasteiger partial charge on any atom is -0.393 e. The molecule has 2 amide bonds. The minimum absolute atomic E-state index is 0.0116. The first-order valence-electron chi connectivity index (χ1n) is 21.5. The summed E-state index contributed by atoms with van der Waals surface area (Å²) in [5, 5.41) is 28.6. The van der Waals surface area contributed by atoms with Crippen molar-refractivity contribution in [3.8, 4) is 10.4 Å². The van der Waals surface area contributed by atoms with Crippen LogP contribution in [0.15, 0.2) is 48.1 Å². The lowest BCUT2D eigenvalue weighted by molar-refractivity contribution is -0.135. The summed E-state index contributed by atoms with van der Waals surface area (Å²) in [5.74, 6) is -0.168. The number of aliphatic hydroxyl groups is 1. The van der Waals surface area contributed by atoms with E-state index in [-0.39, 0.29) is 35.1 Å². The van der Waals surface area contributed by atoms with Crippen LogP contribution in [0.4, 0.5) is 5.82 Å². The zero-order valence-electron chi connectivity index (χ0n) is 35.1. The summed E-state index contributed by atoms with van der Waals surface area (Å²) in [6, 6.07) is 12.2. The maximum absolute atomic E-state index is 14.1. The van der Waals surface area contributed by atoms with Crippen molar-refractivity contribution in [2.75, 3.05) is 11.9 Å². The molecule has 58 heavy (non-hydrogen) atoms. The molecular formula is C45H64N8O4S. The van der Waals surface area contributed by atoms with Gasteiger partial charge < -0.3 is 26.4 Å². The standard InChI is InChI=1S/C45H64N8O4S/c1-6-12-32-24-39(53-38(50-32)20-22-49-53)51-33-18-19-34(23-33)52-40(55)13-10-8-7-9-11-21-46-43(45(3,4)5)41(56)36-25-35(54)26-37(36)44(57)47-27-30-14-16-31(17-15-30)42-29(2)48-28-58-42/h14-17,20,22,24,28,33-37,43,46,51,54H,6-13,18-19,21,23,25-27H2,1-5H3,(H,47,57)(H,52,55)/t33-,34-,35+,36?,37-,43-/m1/s1. The van der Waals surface area contributed by atoms with Crippen molar-refractivity contribution in [2.24, 2.45) is 17.3 Å². The zero-order chi connectivity index (χ0) is 41.2. The Morgan fingerprint density at radius 3 is 2.45 bits per heavy atom. The van der Waals surface area contributed by atoms with E-state index >= 15 is 0 Å². The number of nitrogens with zero attached hydrogens (tertiary/aromatic N) is 4. The van der Waals surface area contributed by atoms with E-state index < -0.39 is 24.0 Å². The molecule has 2 aliphatic rings. The monoisotopic (exact) mass is 812 g/mol. The number of aromatic nitrogens is 4. The fourth-order valence-electron chi connectivity index (χ4n) is 8.73. The molecule has 0 aliphatic heterocycles. The van der Waals surface area contributed by atoms with E-state index in [4.69, 9.17) is 4.98 Å². The summed E-state index contributed by atoms with van der Waals surface area (Å²) in [5.41, 5.74) is 6.49. The number of aliphatic hydroxyl groups excluding tert-OH is 1. The number of Topliss-reactive ketones (excluding diaryl/α,β-unsaturated/α-hetero) is 1. The lowest BCUT2D eigenvalue weighted by Gasteiger charge is -2.33. The van der Waals surface area contributed by atoms with Gasteiger partial charge in [0.15, 0.2) is 11.4 Å². The highest BCUT2D eigenvalue weighted by Crippen LogP contribution is 2.37. The van der Waals surface area contributed by atoms with E-state index in [0.717, 1.165) is 103 Å². The average Bonchev–Trinajstić information content (AvgIpc) is 4.01. The Kier molecular flexibility index (Phi) is 15.1. The number of hydrogen-bond acceptors (Lipinski definition) is 10. The normalized spacial score (nSPS) is 21.3. The van der Waals surface area contributed by atoms with Crippen LogP contribution in [0.5, 0.6) is 0 Å². The molecule has 314 valence electrons. The minimum atomic E-state index is -0.674. The SMILES string of the molecule is CCCc1cc(N[C@@H]2CC[C@@H](NC(=O)CCCCCCCN[C@H](C(=O)C3C[C@H](O)C[C@H]3C(=O)NCc3ccc(-c4scnc4C)cc3)C(C)(C)C)C2)n2nccc2n1. The third kappa shape index (κ3) is 11.5. The van der Waals surface area contributed by atoms with E-state index in [2.05, 4.69) is 65.1 Å². The quantitative estimate of drug-likeness (QED) is 0.0582. The van der Waals surface area contributed by atoms with Crippen LogP contribution in [-0.4, -0.2) is 73.1 Å². The molecule has 13 heteroatoms. The smallest absolute Gasteiger partial charge is 0.224 e. The Labute approximate surface area is 347 Å². The highest BCUT2D eigenvalue weighted by atomic mass is 32.1.